The molecule has 2 heterocycles. The van der Waals surface area contributed by atoms with Gasteiger partial charge in [-0.1, -0.05) is 0 Å². The smallest absolute Gasteiger partial charge is 0.419 e. The Morgan fingerprint density at radius 1 is 1.15 bits per heavy atom. The third-order valence-corrected chi connectivity index (χ3v) is 4.46. The third-order valence-electron chi connectivity index (χ3n) is 4.46. The Balaban J connectivity index is 1.59. The van der Waals surface area contributed by atoms with Crippen molar-refractivity contribution in [2.45, 2.75) is 19.0 Å². The van der Waals surface area contributed by atoms with Crippen LogP contribution < -0.4 is 5.32 Å². The molecule has 1 aromatic heterocycles. The number of rotatable bonds is 3. The van der Waals surface area contributed by atoms with Crippen molar-refractivity contribution in [2.75, 3.05) is 18.4 Å². The molecule has 144 valence electrons. The zero-order valence-corrected chi connectivity index (χ0v) is 14.1. The van der Waals surface area contributed by atoms with Crippen molar-refractivity contribution in [3.63, 3.8) is 0 Å². The highest BCUT2D eigenvalue weighted by molar-refractivity contribution is 5.95. The Bertz CT molecular complexity index is 826. The van der Waals surface area contributed by atoms with Gasteiger partial charge < -0.3 is 14.6 Å². The Morgan fingerprint density at radius 2 is 1.85 bits per heavy atom. The summed E-state index contributed by atoms with van der Waals surface area (Å²) in [6.07, 6.45) is -1.35. The Labute approximate surface area is 151 Å². The molecule has 1 saturated heterocycles. The number of benzene rings is 1. The topological polar surface area (TPSA) is 62.6 Å². The SMILES string of the molecule is O=C(Nc1ccc(F)c(C(F)(F)F)c1)C1CCN(C(=O)c2ccoc2)CC1. The van der Waals surface area contributed by atoms with Gasteiger partial charge in [-0.2, -0.15) is 13.2 Å². The molecule has 5 nitrogen and oxygen atoms in total. The first-order valence-corrected chi connectivity index (χ1v) is 8.25. The van der Waals surface area contributed by atoms with Gasteiger partial charge in [0.1, 0.15) is 12.1 Å². The fraction of sp³-hybridized carbons (Fsp3) is 0.333. The van der Waals surface area contributed by atoms with E-state index >= 15 is 0 Å². The molecular weight excluding hydrogens is 368 g/mol. The van der Waals surface area contributed by atoms with Gasteiger partial charge in [-0.3, -0.25) is 9.59 Å². The zero-order chi connectivity index (χ0) is 19.6. The maximum absolute atomic E-state index is 13.3. The minimum absolute atomic E-state index is 0.120. The molecule has 27 heavy (non-hydrogen) atoms. The van der Waals surface area contributed by atoms with Crippen LogP contribution >= 0.6 is 0 Å². The van der Waals surface area contributed by atoms with Crippen molar-refractivity contribution < 1.29 is 31.6 Å². The fourth-order valence-corrected chi connectivity index (χ4v) is 2.98. The summed E-state index contributed by atoms with van der Waals surface area (Å²) in [5, 5.41) is 2.40. The number of carbonyl (C=O) groups excluding carboxylic acids is 2. The summed E-state index contributed by atoms with van der Waals surface area (Å²) in [5.74, 6) is -2.49. The molecule has 1 aliphatic rings. The summed E-state index contributed by atoms with van der Waals surface area (Å²) in [5.41, 5.74) is -1.13. The average molecular weight is 384 g/mol. The van der Waals surface area contributed by atoms with Crippen molar-refractivity contribution in [2.24, 2.45) is 5.92 Å². The first kappa shape index (κ1) is 18.9. The molecule has 0 radical (unpaired) electrons. The van der Waals surface area contributed by atoms with E-state index in [1.165, 1.54) is 12.5 Å². The van der Waals surface area contributed by atoms with Gasteiger partial charge in [0.05, 0.1) is 17.4 Å². The monoisotopic (exact) mass is 384 g/mol. The van der Waals surface area contributed by atoms with Gasteiger partial charge in [-0.15, -0.1) is 0 Å². The number of nitrogens with one attached hydrogen (secondary N) is 1. The van der Waals surface area contributed by atoms with Crippen LogP contribution in [0, 0.1) is 11.7 Å². The quantitative estimate of drug-likeness (QED) is 0.816. The van der Waals surface area contributed by atoms with Gasteiger partial charge in [-0.05, 0) is 37.1 Å². The number of amides is 2. The van der Waals surface area contributed by atoms with E-state index in [1.807, 2.05) is 0 Å². The highest BCUT2D eigenvalue weighted by Gasteiger charge is 2.34. The predicted octanol–water partition coefficient (Wildman–Crippen LogP) is 3.93. The zero-order valence-electron chi connectivity index (χ0n) is 14.1. The van der Waals surface area contributed by atoms with Crippen LogP contribution in [0.25, 0.3) is 0 Å². The van der Waals surface area contributed by atoms with E-state index in [1.54, 1.807) is 11.0 Å². The first-order chi connectivity index (χ1) is 12.8. The van der Waals surface area contributed by atoms with Crippen LogP contribution in [0.4, 0.5) is 23.2 Å². The largest absolute Gasteiger partial charge is 0.472 e. The molecule has 0 atom stereocenters. The van der Waals surface area contributed by atoms with Crippen LogP contribution in [0.3, 0.4) is 0 Å². The number of furan rings is 1. The summed E-state index contributed by atoms with van der Waals surface area (Å²) in [6, 6.07) is 3.88. The van der Waals surface area contributed by atoms with Gasteiger partial charge in [0.25, 0.3) is 5.91 Å². The predicted molar refractivity (Wildman–Crippen MR) is 87.4 cm³/mol. The number of halogens is 4. The Hall–Kier alpha value is -2.84. The molecule has 0 saturated carbocycles. The summed E-state index contributed by atoms with van der Waals surface area (Å²) in [4.78, 5) is 26.1. The summed E-state index contributed by atoms with van der Waals surface area (Å²) < 4.78 is 56.5. The van der Waals surface area contributed by atoms with Crippen LogP contribution in [0.5, 0.6) is 0 Å². The van der Waals surface area contributed by atoms with Gasteiger partial charge >= 0.3 is 6.18 Å². The standard InChI is InChI=1S/C18H16F4N2O3/c19-15-2-1-13(9-14(15)18(20,21)22)23-16(25)11-3-6-24(7-4-11)17(26)12-5-8-27-10-12/h1-2,5,8-11H,3-4,6-7H2,(H,23,25). The maximum Gasteiger partial charge on any atom is 0.419 e. The molecule has 9 heteroatoms. The number of anilines is 1. The lowest BCUT2D eigenvalue weighted by Gasteiger charge is -2.31. The van der Waals surface area contributed by atoms with E-state index in [9.17, 15) is 27.2 Å². The van der Waals surface area contributed by atoms with E-state index in [2.05, 4.69) is 5.32 Å². The van der Waals surface area contributed by atoms with E-state index in [4.69, 9.17) is 4.42 Å². The number of alkyl halides is 3. The molecule has 2 aromatic rings. The molecule has 1 aromatic carbocycles. The van der Waals surface area contributed by atoms with E-state index in [0.717, 1.165) is 6.07 Å². The van der Waals surface area contributed by atoms with Crippen molar-refractivity contribution in [3.8, 4) is 0 Å². The van der Waals surface area contributed by atoms with E-state index < -0.39 is 29.4 Å². The van der Waals surface area contributed by atoms with Crippen molar-refractivity contribution in [1.82, 2.24) is 4.90 Å². The minimum atomic E-state index is -4.84. The number of piperidine rings is 1. The molecule has 0 bridgehead atoms. The van der Waals surface area contributed by atoms with Crippen LogP contribution in [0.1, 0.15) is 28.8 Å². The number of carbonyl (C=O) groups is 2. The van der Waals surface area contributed by atoms with Crippen LogP contribution in [0.2, 0.25) is 0 Å². The second kappa shape index (κ2) is 7.42. The Morgan fingerprint density at radius 3 is 2.44 bits per heavy atom. The average Bonchev–Trinajstić information content (AvgIpc) is 3.16. The molecule has 0 aliphatic carbocycles. The summed E-state index contributed by atoms with van der Waals surface area (Å²) in [7, 11) is 0. The highest BCUT2D eigenvalue weighted by Crippen LogP contribution is 2.33. The second-order valence-electron chi connectivity index (χ2n) is 6.26. The number of hydrogen-bond donors (Lipinski definition) is 1. The maximum atomic E-state index is 13.3. The molecule has 2 amide bonds. The van der Waals surface area contributed by atoms with E-state index in [-0.39, 0.29) is 11.6 Å². The van der Waals surface area contributed by atoms with Gasteiger partial charge in [0, 0.05) is 24.7 Å². The molecule has 0 unspecified atom stereocenters. The third kappa shape index (κ3) is 4.29. The number of nitrogens with zero attached hydrogens (tertiary/aromatic N) is 1. The van der Waals surface area contributed by atoms with Crippen LogP contribution in [-0.2, 0) is 11.0 Å². The van der Waals surface area contributed by atoms with Gasteiger partial charge in [0.2, 0.25) is 5.91 Å². The van der Waals surface area contributed by atoms with Gasteiger partial charge in [0.15, 0.2) is 0 Å². The lowest BCUT2D eigenvalue weighted by Crippen LogP contribution is -2.41. The molecule has 1 N–H and O–H groups in total. The van der Waals surface area contributed by atoms with Crippen molar-refractivity contribution in [1.29, 1.82) is 0 Å². The van der Waals surface area contributed by atoms with Crippen molar-refractivity contribution >= 4 is 17.5 Å². The molecule has 3 rings (SSSR count). The lowest BCUT2D eigenvalue weighted by atomic mass is 9.95. The summed E-state index contributed by atoms with van der Waals surface area (Å²) >= 11 is 0. The molecule has 0 spiro atoms. The number of hydrogen-bond acceptors (Lipinski definition) is 3. The Kier molecular flexibility index (Phi) is 5.20. The molecule has 1 aliphatic heterocycles. The second-order valence-corrected chi connectivity index (χ2v) is 6.26. The normalized spacial score (nSPS) is 15.6. The fourth-order valence-electron chi connectivity index (χ4n) is 2.98. The van der Waals surface area contributed by atoms with Gasteiger partial charge in [-0.25, -0.2) is 4.39 Å². The summed E-state index contributed by atoms with van der Waals surface area (Å²) in [6.45, 7) is 0.693. The minimum Gasteiger partial charge on any atom is -0.472 e. The first-order valence-electron chi connectivity index (χ1n) is 8.25. The molecular formula is C18H16F4N2O3. The van der Waals surface area contributed by atoms with Crippen LogP contribution in [-0.4, -0.2) is 29.8 Å². The van der Waals surface area contributed by atoms with Crippen LogP contribution in [0.15, 0.2) is 41.2 Å². The van der Waals surface area contributed by atoms with Crippen molar-refractivity contribution in [3.05, 3.63) is 53.7 Å². The van der Waals surface area contributed by atoms with E-state index in [0.29, 0.717) is 43.6 Å². The lowest BCUT2D eigenvalue weighted by molar-refractivity contribution is -0.140. The highest BCUT2D eigenvalue weighted by atomic mass is 19.4. The number of likely N-dealkylation sites (tertiary alicyclic amines) is 1. The molecule has 1 fully saturated rings.